The minimum absolute atomic E-state index is 0.0950. The number of ketones is 1. The second kappa shape index (κ2) is 7.67. The highest BCUT2D eigenvalue weighted by Crippen LogP contribution is 2.23. The first-order valence-corrected chi connectivity index (χ1v) is 8.96. The summed E-state index contributed by atoms with van der Waals surface area (Å²) in [6.07, 6.45) is 0.235. The number of hydrogen-bond acceptors (Lipinski definition) is 4. The Morgan fingerprint density at radius 2 is 1.92 bits per heavy atom. The van der Waals surface area contributed by atoms with Crippen molar-refractivity contribution in [1.82, 2.24) is 5.32 Å². The first-order chi connectivity index (χ1) is 12.0. The second-order valence-electron chi connectivity index (χ2n) is 5.51. The van der Waals surface area contributed by atoms with Gasteiger partial charge in [-0.25, -0.2) is 4.79 Å². The molecule has 0 bridgehead atoms. The van der Waals surface area contributed by atoms with Crippen LogP contribution in [0.15, 0.2) is 36.4 Å². The van der Waals surface area contributed by atoms with Gasteiger partial charge >= 0.3 is 6.03 Å². The van der Waals surface area contributed by atoms with Crippen molar-refractivity contribution < 1.29 is 14.4 Å². The average molecular weight is 378 g/mol. The number of benzene rings is 1. The Morgan fingerprint density at radius 1 is 1.16 bits per heavy atom. The molecule has 1 aromatic heterocycles. The minimum Gasteiger partial charge on any atom is -0.336 e. The third-order valence-corrected chi connectivity index (χ3v) is 5.02. The fourth-order valence-corrected chi connectivity index (χ4v) is 3.49. The summed E-state index contributed by atoms with van der Waals surface area (Å²) >= 11 is 7.01. The summed E-state index contributed by atoms with van der Waals surface area (Å²) < 4.78 is 0.555. The van der Waals surface area contributed by atoms with Gasteiger partial charge in [-0.2, -0.15) is 0 Å². The number of carbonyl (C=O) groups is 3. The molecule has 1 aromatic carbocycles. The predicted octanol–water partition coefficient (Wildman–Crippen LogP) is 3.53. The number of hydrogen-bond donors (Lipinski definition) is 2. The van der Waals surface area contributed by atoms with E-state index in [9.17, 15) is 14.4 Å². The molecule has 1 saturated heterocycles. The maximum Gasteiger partial charge on any atom is 0.321 e. The van der Waals surface area contributed by atoms with Crippen molar-refractivity contribution in [3.8, 4) is 0 Å². The number of nitrogens with zero attached hydrogens (tertiary/aromatic N) is 1. The van der Waals surface area contributed by atoms with E-state index in [1.807, 2.05) is 0 Å². The number of anilines is 2. The molecule has 2 aromatic rings. The Kier molecular flexibility index (Phi) is 5.35. The van der Waals surface area contributed by atoms with Crippen molar-refractivity contribution in [3.05, 3.63) is 45.6 Å². The third kappa shape index (κ3) is 4.37. The number of thiophene rings is 1. The van der Waals surface area contributed by atoms with Gasteiger partial charge in [0.25, 0.3) is 0 Å². The lowest BCUT2D eigenvalue weighted by Gasteiger charge is -2.14. The molecule has 0 atom stereocenters. The van der Waals surface area contributed by atoms with Crippen LogP contribution in [0.2, 0.25) is 4.34 Å². The van der Waals surface area contributed by atoms with Crippen LogP contribution in [0.1, 0.15) is 22.5 Å². The smallest absolute Gasteiger partial charge is 0.321 e. The molecule has 1 fully saturated rings. The first-order valence-electron chi connectivity index (χ1n) is 7.77. The summed E-state index contributed by atoms with van der Waals surface area (Å²) in [6.45, 7) is 1.25. The van der Waals surface area contributed by atoms with Gasteiger partial charge in [0.15, 0.2) is 5.78 Å². The fraction of sp³-hybridized carbons (Fsp3) is 0.235. The lowest BCUT2D eigenvalue weighted by Crippen LogP contribution is -2.27. The Hall–Kier alpha value is -2.38. The number of rotatable bonds is 6. The molecule has 0 saturated carbocycles. The second-order valence-corrected chi connectivity index (χ2v) is 7.22. The Bertz CT molecular complexity index is 804. The van der Waals surface area contributed by atoms with Gasteiger partial charge in [-0.1, -0.05) is 11.6 Å². The van der Waals surface area contributed by atoms with Crippen LogP contribution in [0.3, 0.4) is 0 Å². The largest absolute Gasteiger partial charge is 0.336 e. The van der Waals surface area contributed by atoms with E-state index in [-0.39, 0.29) is 30.6 Å². The van der Waals surface area contributed by atoms with E-state index < -0.39 is 0 Å². The standard InChI is InChI=1S/C17H16ClN3O3S/c18-15-7-6-14(25-15)13(22)5-8-16(23)20-11-1-3-12(4-2-11)21-10-9-19-17(21)24/h1-4,6-7H,5,8-10H2,(H,19,24)(H,20,23). The van der Waals surface area contributed by atoms with E-state index in [2.05, 4.69) is 10.6 Å². The van der Waals surface area contributed by atoms with Crippen LogP contribution in [0.25, 0.3) is 0 Å². The van der Waals surface area contributed by atoms with Gasteiger partial charge in [0.2, 0.25) is 5.91 Å². The van der Waals surface area contributed by atoms with Crippen molar-refractivity contribution in [1.29, 1.82) is 0 Å². The zero-order valence-corrected chi connectivity index (χ0v) is 14.8. The molecule has 6 nitrogen and oxygen atoms in total. The highest BCUT2D eigenvalue weighted by Gasteiger charge is 2.20. The highest BCUT2D eigenvalue weighted by atomic mass is 35.5. The molecule has 1 aliphatic heterocycles. The first kappa shape index (κ1) is 17.4. The molecule has 0 unspecified atom stereocenters. The molecule has 2 N–H and O–H groups in total. The summed E-state index contributed by atoms with van der Waals surface area (Å²) in [5, 5.41) is 5.49. The number of Topliss-reactive ketones (excluding diaryl/α,β-unsaturated/α-hetero) is 1. The van der Waals surface area contributed by atoms with Crippen LogP contribution < -0.4 is 15.5 Å². The molecule has 3 amide bonds. The highest BCUT2D eigenvalue weighted by molar-refractivity contribution is 7.18. The van der Waals surface area contributed by atoms with Crippen molar-refractivity contribution in [3.63, 3.8) is 0 Å². The number of carbonyl (C=O) groups excluding carboxylic acids is 3. The Morgan fingerprint density at radius 3 is 2.52 bits per heavy atom. The Labute approximate surface area is 153 Å². The fourth-order valence-electron chi connectivity index (χ4n) is 2.48. The van der Waals surface area contributed by atoms with Crippen LogP contribution in [-0.4, -0.2) is 30.8 Å². The number of amides is 3. The number of urea groups is 1. The van der Waals surface area contributed by atoms with E-state index >= 15 is 0 Å². The van der Waals surface area contributed by atoms with E-state index in [0.29, 0.717) is 28.0 Å². The van der Waals surface area contributed by atoms with Crippen LogP contribution in [0, 0.1) is 0 Å². The van der Waals surface area contributed by atoms with E-state index in [1.165, 1.54) is 11.3 Å². The van der Waals surface area contributed by atoms with Crippen LogP contribution in [-0.2, 0) is 4.79 Å². The molecule has 1 aliphatic rings. The molecular formula is C17H16ClN3O3S. The minimum atomic E-state index is -0.234. The zero-order valence-electron chi connectivity index (χ0n) is 13.3. The molecule has 0 aliphatic carbocycles. The summed E-state index contributed by atoms with van der Waals surface area (Å²) in [7, 11) is 0. The monoisotopic (exact) mass is 377 g/mol. The van der Waals surface area contributed by atoms with Gasteiger partial charge in [-0.3, -0.25) is 14.5 Å². The van der Waals surface area contributed by atoms with Gasteiger partial charge in [0.1, 0.15) is 0 Å². The van der Waals surface area contributed by atoms with Gasteiger partial charge in [0, 0.05) is 37.3 Å². The molecule has 2 heterocycles. The summed E-state index contributed by atoms with van der Waals surface area (Å²) in [5.41, 5.74) is 1.40. The lowest BCUT2D eigenvalue weighted by atomic mass is 10.2. The van der Waals surface area contributed by atoms with E-state index in [1.54, 1.807) is 41.3 Å². The van der Waals surface area contributed by atoms with Crippen LogP contribution >= 0.6 is 22.9 Å². The zero-order chi connectivity index (χ0) is 17.8. The SMILES string of the molecule is O=C(CCC(=O)c1ccc(Cl)s1)Nc1ccc(N2CCNC2=O)cc1. The maximum absolute atomic E-state index is 12.0. The molecular weight excluding hydrogens is 362 g/mol. The van der Waals surface area contributed by atoms with Crippen molar-refractivity contribution in [2.75, 3.05) is 23.3 Å². The summed E-state index contributed by atoms with van der Waals surface area (Å²) in [4.78, 5) is 37.8. The lowest BCUT2D eigenvalue weighted by molar-refractivity contribution is -0.116. The summed E-state index contributed by atoms with van der Waals surface area (Å²) in [6, 6.07) is 10.2. The van der Waals surface area contributed by atoms with Crippen molar-refractivity contribution >= 4 is 52.0 Å². The van der Waals surface area contributed by atoms with E-state index in [0.717, 1.165) is 5.69 Å². The van der Waals surface area contributed by atoms with Gasteiger partial charge in [0.05, 0.1) is 9.21 Å². The maximum atomic E-state index is 12.0. The van der Waals surface area contributed by atoms with Gasteiger partial charge < -0.3 is 10.6 Å². The summed E-state index contributed by atoms with van der Waals surface area (Å²) in [5.74, 6) is -0.329. The molecule has 0 spiro atoms. The van der Waals surface area contributed by atoms with Crippen molar-refractivity contribution in [2.24, 2.45) is 0 Å². The van der Waals surface area contributed by atoms with E-state index in [4.69, 9.17) is 11.6 Å². The molecule has 8 heteroatoms. The van der Waals surface area contributed by atoms with Crippen molar-refractivity contribution in [2.45, 2.75) is 12.8 Å². The normalized spacial score (nSPS) is 13.6. The third-order valence-electron chi connectivity index (χ3n) is 3.75. The van der Waals surface area contributed by atoms with Crippen LogP contribution in [0.5, 0.6) is 0 Å². The van der Waals surface area contributed by atoms with Gasteiger partial charge in [-0.05, 0) is 36.4 Å². The Balaban J connectivity index is 1.51. The number of halogens is 1. The molecule has 25 heavy (non-hydrogen) atoms. The van der Waals surface area contributed by atoms with Gasteiger partial charge in [-0.15, -0.1) is 11.3 Å². The molecule has 0 radical (unpaired) electrons. The average Bonchev–Trinajstić information content (AvgIpc) is 3.22. The topological polar surface area (TPSA) is 78.5 Å². The van der Waals surface area contributed by atoms with Crippen LogP contribution in [0.4, 0.5) is 16.2 Å². The number of nitrogens with one attached hydrogen (secondary N) is 2. The predicted molar refractivity (Wildman–Crippen MR) is 98.7 cm³/mol. The quantitative estimate of drug-likeness (QED) is 0.756. The molecule has 3 rings (SSSR count). The molecule has 130 valence electrons.